The smallest absolute Gasteiger partial charge is 0.143 e. The average Bonchev–Trinajstić information content (AvgIpc) is 2.33. The van der Waals surface area contributed by atoms with Crippen molar-refractivity contribution < 1.29 is 9.53 Å². The summed E-state index contributed by atoms with van der Waals surface area (Å²) < 4.78 is 5.82. The monoisotopic (exact) mass is 252 g/mol. The fourth-order valence-electron chi connectivity index (χ4n) is 2.17. The predicted molar refractivity (Wildman–Crippen MR) is 68.1 cm³/mol. The highest BCUT2D eigenvalue weighted by molar-refractivity contribution is 6.30. The first-order chi connectivity index (χ1) is 8.06. The Hall–Kier alpha value is -0.860. The third kappa shape index (κ3) is 2.38. The minimum absolute atomic E-state index is 0.0546. The Kier molecular flexibility index (Phi) is 3.55. The zero-order valence-corrected chi connectivity index (χ0v) is 11.0. The Balaban J connectivity index is 1.94. The molecule has 0 aliphatic heterocycles. The lowest BCUT2D eigenvalue weighted by Gasteiger charge is -2.44. The van der Waals surface area contributed by atoms with Crippen LogP contribution in [0.25, 0.3) is 0 Å². The SMILES string of the molecule is CCC1(C)C(=O)CC1OCc1cccc(Cl)c1. The molecule has 1 aliphatic rings. The number of ether oxygens (including phenoxy) is 1. The van der Waals surface area contributed by atoms with Crippen LogP contribution in [0, 0.1) is 5.41 Å². The van der Waals surface area contributed by atoms with Crippen LogP contribution in [-0.4, -0.2) is 11.9 Å². The van der Waals surface area contributed by atoms with Crippen LogP contribution in [0.2, 0.25) is 5.02 Å². The molecule has 0 bridgehead atoms. The fourth-order valence-corrected chi connectivity index (χ4v) is 2.38. The van der Waals surface area contributed by atoms with Gasteiger partial charge in [0.15, 0.2) is 0 Å². The second-order valence-corrected chi connectivity index (χ2v) is 5.26. The summed E-state index contributed by atoms with van der Waals surface area (Å²) in [6, 6.07) is 7.63. The van der Waals surface area contributed by atoms with E-state index in [4.69, 9.17) is 16.3 Å². The number of Topliss-reactive ketones (excluding diaryl/α,β-unsaturated/α-hetero) is 1. The van der Waals surface area contributed by atoms with Crippen LogP contribution in [0.1, 0.15) is 32.3 Å². The minimum atomic E-state index is -0.279. The Labute approximate surface area is 107 Å². The van der Waals surface area contributed by atoms with Gasteiger partial charge in [-0.2, -0.15) is 0 Å². The number of hydrogen-bond acceptors (Lipinski definition) is 2. The molecule has 0 saturated heterocycles. The van der Waals surface area contributed by atoms with Crippen LogP contribution in [0.15, 0.2) is 24.3 Å². The number of rotatable bonds is 4. The first-order valence-electron chi connectivity index (χ1n) is 5.95. The van der Waals surface area contributed by atoms with Gasteiger partial charge in [0, 0.05) is 11.4 Å². The van der Waals surface area contributed by atoms with Gasteiger partial charge in [0.1, 0.15) is 5.78 Å². The quantitative estimate of drug-likeness (QED) is 0.818. The highest BCUT2D eigenvalue weighted by Crippen LogP contribution is 2.42. The molecule has 0 amide bonds. The van der Waals surface area contributed by atoms with E-state index in [-0.39, 0.29) is 11.5 Å². The van der Waals surface area contributed by atoms with Gasteiger partial charge in [-0.15, -0.1) is 0 Å². The van der Waals surface area contributed by atoms with Crippen molar-refractivity contribution in [2.45, 2.75) is 39.4 Å². The molecule has 17 heavy (non-hydrogen) atoms. The summed E-state index contributed by atoms with van der Waals surface area (Å²) in [5, 5.41) is 0.717. The first kappa shape index (κ1) is 12.6. The van der Waals surface area contributed by atoms with Crippen molar-refractivity contribution in [1.82, 2.24) is 0 Å². The van der Waals surface area contributed by atoms with Crippen LogP contribution < -0.4 is 0 Å². The summed E-state index contributed by atoms with van der Waals surface area (Å²) in [4.78, 5) is 11.6. The number of halogens is 1. The van der Waals surface area contributed by atoms with Gasteiger partial charge >= 0.3 is 0 Å². The van der Waals surface area contributed by atoms with Gasteiger partial charge in [0.05, 0.1) is 18.1 Å². The predicted octanol–water partition coefficient (Wildman–Crippen LogP) is 3.61. The lowest BCUT2D eigenvalue weighted by Crippen LogP contribution is -2.52. The highest BCUT2D eigenvalue weighted by Gasteiger charge is 2.50. The van der Waals surface area contributed by atoms with Crippen molar-refractivity contribution in [2.24, 2.45) is 5.41 Å². The van der Waals surface area contributed by atoms with E-state index >= 15 is 0 Å². The Bertz CT molecular complexity index is 430. The molecule has 3 heteroatoms. The van der Waals surface area contributed by atoms with Crippen molar-refractivity contribution in [3.05, 3.63) is 34.9 Å². The van der Waals surface area contributed by atoms with Crippen molar-refractivity contribution >= 4 is 17.4 Å². The summed E-state index contributed by atoms with van der Waals surface area (Å²) in [5.41, 5.74) is 0.772. The molecule has 1 aliphatic carbocycles. The molecular weight excluding hydrogens is 236 g/mol. The average molecular weight is 253 g/mol. The summed E-state index contributed by atoms with van der Waals surface area (Å²) in [7, 11) is 0. The van der Waals surface area contributed by atoms with E-state index in [1.165, 1.54) is 0 Å². The maximum Gasteiger partial charge on any atom is 0.143 e. The van der Waals surface area contributed by atoms with Gasteiger partial charge < -0.3 is 4.74 Å². The van der Waals surface area contributed by atoms with Gasteiger partial charge in [-0.25, -0.2) is 0 Å². The van der Waals surface area contributed by atoms with Crippen LogP contribution in [0.4, 0.5) is 0 Å². The molecule has 1 aromatic rings. The van der Waals surface area contributed by atoms with Gasteiger partial charge in [0.2, 0.25) is 0 Å². The van der Waals surface area contributed by atoms with Crippen molar-refractivity contribution in [2.75, 3.05) is 0 Å². The fraction of sp³-hybridized carbons (Fsp3) is 0.500. The van der Waals surface area contributed by atoms with E-state index in [9.17, 15) is 4.79 Å². The highest BCUT2D eigenvalue weighted by atomic mass is 35.5. The molecule has 0 radical (unpaired) electrons. The van der Waals surface area contributed by atoms with Gasteiger partial charge in [0.25, 0.3) is 0 Å². The van der Waals surface area contributed by atoms with Crippen molar-refractivity contribution in [1.29, 1.82) is 0 Å². The topological polar surface area (TPSA) is 26.3 Å². The Morgan fingerprint density at radius 3 is 2.88 bits per heavy atom. The number of carbonyl (C=O) groups excluding carboxylic acids is 1. The van der Waals surface area contributed by atoms with Crippen LogP contribution in [-0.2, 0) is 16.1 Å². The molecule has 1 saturated carbocycles. The van der Waals surface area contributed by atoms with Gasteiger partial charge in [-0.1, -0.05) is 37.6 Å². The maximum atomic E-state index is 11.6. The molecule has 1 fully saturated rings. The third-order valence-electron chi connectivity index (χ3n) is 3.79. The van der Waals surface area contributed by atoms with E-state index in [1.54, 1.807) is 0 Å². The molecule has 2 rings (SSSR count). The Morgan fingerprint density at radius 1 is 1.53 bits per heavy atom. The second kappa shape index (κ2) is 4.79. The van der Waals surface area contributed by atoms with E-state index < -0.39 is 0 Å². The summed E-state index contributed by atoms with van der Waals surface area (Å²) in [6.45, 7) is 4.54. The number of hydrogen-bond donors (Lipinski definition) is 0. The summed E-state index contributed by atoms with van der Waals surface area (Å²) in [5.74, 6) is 0.316. The molecule has 0 spiro atoms. The molecule has 0 N–H and O–H groups in total. The van der Waals surface area contributed by atoms with Gasteiger partial charge in [-0.05, 0) is 24.1 Å². The lowest BCUT2D eigenvalue weighted by atomic mass is 9.64. The summed E-state index contributed by atoms with van der Waals surface area (Å²) >= 11 is 5.90. The Morgan fingerprint density at radius 2 is 2.29 bits per heavy atom. The zero-order valence-electron chi connectivity index (χ0n) is 10.2. The molecular formula is C14H17ClO2. The molecule has 2 atom stereocenters. The maximum absolute atomic E-state index is 11.6. The molecule has 2 unspecified atom stereocenters. The van der Waals surface area contributed by atoms with Gasteiger partial charge in [-0.3, -0.25) is 4.79 Å². The van der Waals surface area contributed by atoms with Crippen LogP contribution in [0.5, 0.6) is 0 Å². The largest absolute Gasteiger partial charge is 0.372 e. The van der Waals surface area contributed by atoms with E-state index in [0.717, 1.165) is 12.0 Å². The number of carbonyl (C=O) groups is 1. The number of benzene rings is 1. The van der Waals surface area contributed by atoms with Crippen LogP contribution in [0.3, 0.4) is 0 Å². The standard InChI is InChI=1S/C14H17ClO2/c1-3-14(2)12(16)8-13(14)17-9-10-5-4-6-11(15)7-10/h4-7,13H,3,8-9H2,1-2H3. The van der Waals surface area contributed by atoms with Crippen LogP contribution >= 0.6 is 11.6 Å². The molecule has 92 valence electrons. The minimum Gasteiger partial charge on any atom is -0.372 e. The zero-order chi connectivity index (χ0) is 12.5. The first-order valence-corrected chi connectivity index (χ1v) is 6.33. The van der Waals surface area contributed by atoms with Crippen molar-refractivity contribution in [3.63, 3.8) is 0 Å². The lowest BCUT2D eigenvalue weighted by molar-refractivity contribution is -0.163. The summed E-state index contributed by atoms with van der Waals surface area (Å²) in [6.07, 6.45) is 1.44. The van der Waals surface area contributed by atoms with Crippen molar-refractivity contribution in [3.8, 4) is 0 Å². The molecule has 1 aromatic carbocycles. The van der Waals surface area contributed by atoms with E-state index in [0.29, 0.717) is 23.8 Å². The molecule has 0 aromatic heterocycles. The third-order valence-corrected chi connectivity index (χ3v) is 4.03. The second-order valence-electron chi connectivity index (χ2n) is 4.83. The van der Waals surface area contributed by atoms with E-state index in [1.807, 2.05) is 38.1 Å². The van der Waals surface area contributed by atoms with E-state index in [2.05, 4.69) is 0 Å². The molecule has 0 heterocycles. The normalized spacial score (nSPS) is 27.9. The number of ketones is 1. The molecule has 2 nitrogen and oxygen atoms in total.